The summed E-state index contributed by atoms with van der Waals surface area (Å²) < 4.78 is 1.83. The summed E-state index contributed by atoms with van der Waals surface area (Å²) in [5.74, 6) is 0.364. The molecule has 17 heavy (non-hydrogen) atoms. The average molecular weight is 248 g/mol. The molecule has 1 heterocycles. The Morgan fingerprint density at radius 1 is 1.29 bits per heavy atom. The molecule has 2 N–H and O–H groups in total. The molecule has 1 aromatic carbocycles. The first-order valence-electron chi connectivity index (χ1n) is 5.60. The number of hydrogen-bond donors (Lipinski definition) is 1. The van der Waals surface area contributed by atoms with E-state index in [1.165, 1.54) is 11.3 Å². The number of nitrogens with zero attached hydrogens (tertiary/aromatic N) is 1. The summed E-state index contributed by atoms with van der Waals surface area (Å²) in [6, 6.07) is 7.65. The Balaban J connectivity index is 2.32. The first-order valence-corrected chi connectivity index (χ1v) is 6.48. The highest BCUT2D eigenvalue weighted by Gasteiger charge is 2.10. The molecule has 4 heteroatoms. The van der Waals surface area contributed by atoms with Gasteiger partial charge < -0.3 is 5.73 Å². The van der Waals surface area contributed by atoms with Gasteiger partial charge in [-0.2, -0.15) is 0 Å². The van der Waals surface area contributed by atoms with Crippen LogP contribution in [0.25, 0.3) is 0 Å². The van der Waals surface area contributed by atoms with Crippen LogP contribution in [0.2, 0.25) is 0 Å². The van der Waals surface area contributed by atoms with Crippen molar-refractivity contribution in [3.05, 3.63) is 50.6 Å². The van der Waals surface area contributed by atoms with Gasteiger partial charge in [0.15, 0.2) is 0 Å². The minimum atomic E-state index is 0.102. The Hall–Kier alpha value is -1.55. The molecule has 0 spiro atoms. The van der Waals surface area contributed by atoms with E-state index in [-0.39, 0.29) is 4.87 Å². The van der Waals surface area contributed by atoms with Crippen LogP contribution < -0.4 is 10.6 Å². The van der Waals surface area contributed by atoms with Crippen LogP contribution in [0.5, 0.6) is 0 Å². The number of anilines is 1. The monoisotopic (exact) mass is 248 g/mol. The van der Waals surface area contributed by atoms with Crippen molar-refractivity contribution in [2.45, 2.75) is 26.3 Å². The van der Waals surface area contributed by atoms with Crippen LogP contribution >= 0.6 is 11.3 Å². The zero-order valence-corrected chi connectivity index (χ0v) is 10.8. The molecule has 0 amide bonds. The summed E-state index contributed by atoms with van der Waals surface area (Å²) >= 11 is 1.26. The minimum Gasteiger partial charge on any atom is -0.399 e. The second kappa shape index (κ2) is 4.75. The standard InChI is InChI=1S/C13H16N2OS/c1-9(2)12-8-17-13(16)15(12)7-10-3-5-11(14)6-4-10/h3-6,8-9H,7,14H2,1-2H3. The molecule has 0 unspecified atom stereocenters. The largest absolute Gasteiger partial charge is 0.399 e. The van der Waals surface area contributed by atoms with E-state index >= 15 is 0 Å². The van der Waals surface area contributed by atoms with Gasteiger partial charge in [-0.05, 0) is 23.6 Å². The van der Waals surface area contributed by atoms with E-state index in [1.807, 2.05) is 34.2 Å². The highest BCUT2D eigenvalue weighted by atomic mass is 32.1. The predicted octanol–water partition coefficient (Wildman–Crippen LogP) is 2.66. The highest BCUT2D eigenvalue weighted by molar-refractivity contribution is 7.07. The molecule has 0 aliphatic heterocycles. The molecule has 2 aromatic rings. The highest BCUT2D eigenvalue weighted by Crippen LogP contribution is 2.16. The number of rotatable bonds is 3. The van der Waals surface area contributed by atoms with E-state index < -0.39 is 0 Å². The molecule has 0 aliphatic carbocycles. The molecule has 0 saturated heterocycles. The normalized spacial score (nSPS) is 11.0. The van der Waals surface area contributed by atoms with Crippen LogP contribution in [0.1, 0.15) is 31.0 Å². The Morgan fingerprint density at radius 2 is 1.94 bits per heavy atom. The van der Waals surface area contributed by atoms with Gasteiger partial charge in [0, 0.05) is 16.8 Å². The summed E-state index contributed by atoms with van der Waals surface area (Å²) in [6.45, 7) is 4.82. The van der Waals surface area contributed by atoms with Crippen molar-refractivity contribution >= 4 is 17.0 Å². The van der Waals surface area contributed by atoms with Crippen molar-refractivity contribution in [1.82, 2.24) is 4.57 Å². The summed E-state index contributed by atoms with van der Waals surface area (Å²) in [5, 5.41) is 1.95. The summed E-state index contributed by atoms with van der Waals surface area (Å²) in [4.78, 5) is 11.9. The van der Waals surface area contributed by atoms with Gasteiger partial charge in [0.2, 0.25) is 0 Å². The fourth-order valence-electron chi connectivity index (χ4n) is 1.75. The van der Waals surface area contributed by atoms with Crippen molar-refractivity contribution in [3.8, 4) is 0 Å². The molecule has 0 bridgehead atoms. The molecular formula is C13H16N2OS. The topological polar surface area (TPSA) is 48.0 Å². The molecule has 0 atom stereocenters. The fourth-order valence-corrected chi connectivity index (χ4v) is 2.67. The molecule has 0 radical (unpaired) electrons. The molecule has 3 nitrogen and oxygen atoms in total. The Morgan fingerprint density at radius 3 is 2.53 bits per heavy atom. The van der Waals surface area contributed by atoms with Crippen LogP contribution in [0.15, 0.2) is 34.4 Å². The molecule has 0 fully saturated rings. The third kappa shape index (κ3) is 2.58. The van der Waals surface area contributed by atoms with E-state index in [1.54, 1.807) is 0 Å². The van der Waals surface area contributed by atoms with E-state index in [2.05, 4.69) is 13.8 Å². The molecular weight excluding hydrogens is 232 g/mol. The molecule has 90 valence electrons. The maximum Gasteiger partial charge on any atom is 0.307 e. The smallest absolute Gasteiger partial charge is 0.307 e. The number of aromatic nitrogens is 1. The van der Waals surface area contributed by atoms with E-state index in [4.69, 9.17) is 5.73 Å². The number of hydrogen-bond acceptors (Lipinski definition) is 3. The van der Waals surface area contributed by atoms with Gasteiger partial charge >= 0.3 is 4.87 Å². The van der Waals surface area contributed by atoms with Gasteiger partial charge in [-0.15, -0.1) is 0 Å². The molecule has 2 rings (SSSR count). The van der Waals surface area contributed by atoms with Crippen LogP contribution in [0, 0.1) is 0 Å². The van der Waals surface area contributed by atoms with Crippen LogP contribution in [0.4, 0.5) is 5.69 Å². The first kappa shape index (κ1) is 11.9. The van der Waals surface area contributed by atoms with E-state index in [0.717, 1.165) is 16.9 Å². The lowest BCUT2D eigenvalue weighted by molar-refractivity contribution is 0.678. The Labute approximate surface area is 105 Å². The van der Waals surface area contributed by atoms with Crippen molar-refractivity contribution in [1.29, 1.82) is 0 Å². The second-order valence-electron chi connectivity index (χ2n) is 4.41. The van der Waals surface area contributed by atoms with Crippen molar-refractivity contribution in [3.63, 3.8) is 0 Å². The number of thiazole rings is 1. The molecule has 1 aromatic heterocycles. The summed E-state index contributed by atoms with van der Waals surface area (Å²) in [6.07, 6.45) is 0. The third-order valence-corrected chi connectivity index (χ3v) is 3.51. The summed E-state index contributed by atoms with van der Waals surface area (Å²) in [7, 11) is 0. The maximum atomic E-state index is 11.8. The van der Waals surface area contributed by atoms with Gasteiger partial charge in [0.05, 0.1) is 6.54 Å². The lowest BCUT2D eigenvalue weighted by Gasteiger charge is -2.10. The van der Waals surface area contributed by atoms with Gasteiger partial charge in [-0.1, -0.05) is 37.3 Å². The third-order valence-electron chi connectivity index (χ3n) is 2.72. The van der Waals surface area contributed by atoms with Gasteiger partial charge in [-0.3, -0.25) is 9.36 Å². The van der Waals surface area contributed by atoms with Crippen LogP contribution in [0.3, 0.4) is 0 Å². The number of nitrogens with two attached hydrogens (primary N) is 1. The Bertz CT molecular complexity index is 552. The van der Waals surface area contributed by atoms with Gasteiger partial charge in [-0.25, -0.2) is 0 Å². The lowest BCUT2D eigenvalue weighted by Crippen LogP contribution is -2.17. The number of benzene rings is 1. The lowest BCUT2D eigenvalue weighted by atomic mass is 10.1. The van der Waals surface area contributed by atoms with Crippen molar-refractivity contribution < 1.29 is 0 Å². The first-order chi connectivity index (χ1) is 8.08. The van der Waals surface area contributed by atoms with E-state index in [9.17, 15) is 4.79 Å². The van der Waals surface area contributed by atoms with Crippen LogP contribution in [-0.4, -0.2) is 4.57 Å². The Kier molecular flexibility index (Phi) is 3.33. The molecule has 0 saturated carbocycles. The predicted molar refractivity (Wildman–Crippen MR) is 72.6 cm³/mol. The number of nitrogen functional groups attached to an aromatic ring is 1. The van der Waals surface area contributed by atoms with Crippen LogP contribution in [-0.2, 0) is 6.54 Å². The zero-order chi connectivity index (χ0) is 12.4. The SMILES string of the molecule is CC(C)c1csc(=O)n1Cc1ccc(N)cc1. The van der Waals surface area contributed by atoms with Crippen molar-refractivity contribution in [2.24, 2.45) is 0 Å². The maximum absolute atomic E-state index is 11.8. The average Bonchev–Trinajstić information content (AvgIpc) is 2.64. The van der Waals surface area contributed by atoms with Crippen molar-refractivity contribution in [2.75, 3.05) is 5.73 Å². The second-order valence-corrected chi connectivity index (χ2v) is 5.23. The van der Waals surface area contributed by atoms with Gasteiger partial charge in [0.25, 0.3) is 0 Å². The molecule has 0 aliphatic rings. The minimum absolute atomic E-state index is 0.102. The quantitative estimate of drug-likeness (QED) is 0.849. The van der Waals surface area contributed by atoms with Gasteiger partial charge in [0.1, 0.15) is 0 Å². The zero-order valence-electron chi connectivity index (χ0n) is 10.0. The summed E-state index contributed by atoms with van der Waals surface area (Å²) in [5.41, 5.74) is 8.58. The van der Waals surface area contributed by atoms with E-state index in [0.29, 0.717) is 12.5 Å². The fraction of sp³-hybridized carbons (Fsp3) is 0.308.